The van der Waals surface area contributed by atoms with Crippen molar-refractivity contribution in [1.82, 2.24) is 0 Å². The van der Waals surface area contributed by atoms with E-state index in [4.69, 9.17) is 14.3 Å². The zero-order valence-electron chi connectivity index (χ0n) is 12.8. The second-order valence-electron chi connectivity index (χ2n) is 4.75. The molecule has 0 heterocycles. The third kappa shape index (κ3) is 6.00. The fourth-order valence-corrected chi connectivity index (χ4v) is 2.92. The first-order valence-electron chi connectivity index (χ1n) is 7.20. The molecule has 0 amide bonds. The van der Waals surface area contributed by atoms with E-state index in [0.717, 1.165) is 5.56 Å². The van der Waals surface area contributed by atoms with E-state index in [-0.39, 0.29) is 12.0 Å². The Kier molecular flexibility index (Phi) is 8.28. The third-order valence-corrected chi connectivity index (χ3v) is 4.43. The lowest BCUT2D eigenvalue weighted by molar-refractivity contribution is 0.158. The summed E-state index contributed by atoms with van der Waals surface area (Å²) in [5.74, 6) is -0.0357. The fraction of sp³-hybridized carbons (Fsp3) is 0.533. The van der Waals surface area contributed by atoms with E-state index < -0.39 is 8.25 Å². The van der Waals surface area contributed by atoms with Gasteiger partial charge in [0, 0.05) is 5.92 Å². The predicted octanol–water partition coefficient (Wildman–Crippen LogP) is 4.23. The van der Waals surface area contributed by atoms with Gasteiger partial charge >= 0.3 is 8.25 Å². The molecule has 0 aromatic heterocycles. The van der Waals surface area contributed by atoms with Gasteiger partial charge in [0.05, 0.1) is 18.4 Å². The van der Waals surface area contributed by atoms with Crippen LogP contribution in [0.3, 0.4) is 0 Å². The van der Waals surface area contributed by atoms with Crippen molar-refractivity contribution in [2.45, 2.75) is 45.6 Å². The van der Waals surface area contributed by atoms with Crippen LogP contribution < -0.4 is 0 Å². The van der Waals surface area contributed by atoms with Crippen LogP contribution in [0.5, 0.6) is 0 Å². The van der Waals surface area contributed by atoms with E-state index in [1.54, 1.807) is 6.92 Å². The first-order valence-corrected chi connectivity index (χ1v) is 8.42. The van der Waals surface area contributed by atoms with Crippen molar-refractivity contribution in [2.24, 2.45) is 5.16 Å². The molecule has 118 valence electrons. The van der Waals surface area contributed by atoms with Crippen LogP contribution in [-0.2, 0) is 13.6 Å². The van der Waals surface area contributed by atoms with Gasteiger partial charge in [-0.25, -0.2) is 0 Å². The molecule has 3 atom stereocenters. The highest BCUT2D eigenvalue weighted by molar-refractivity contribution is 7.33. The molecule has 1 N–H and O–H groups in total. The summed E-state index contributed by atoms with van der Waals surface area (Å²) in [6.07, 6.45) is 0.917. The summed E-state index contributed by atoms with van der Waals surface area (Å²) < 4.78 is 22.2. The normalized spacial score (nSPS) is 16.4. The number of benzene rings is 1. The van der Waals surface area contributed by atoms with Gasteiger partial charge in [0.15, 0.2) is 0 Å². The second kappa shape index (κ2) is 9.72. The molecule has 1 aromatic rings. The van der Waals surface area contributed by atoms with E-state index in [9.17, 15) is 4.57 Å². The van der Waals surface area contributed by atoms with Crippen molar-refractivity contribution in [2.75, 3.05) is 6.61 Å². The molecule has 0 aliphatic carbocycles. The maximum atomic E-state index is 11.7. The molecular weight excluding hydrogens is 289 g/mol. The monoisotopic (exact) mass is 313 g/mol. The fourth-order valence-electron chi connectivity index (χ4n) is 2.15. The molecule has 6 heteroatoms. The quantitative estimate of drug-likeness (QED) is 0.320. The Morgan fingerprint density at radius 2 is 2.00 bits per heavy atom. The van der Waals surface area contributed by atoms with Crippen LogP contribution in [0.4, 0.5) is 0 Å². The van der Waals surface area contributed by atoms with Crippen molar-refractivity contribution in [3.63, 3.8) is 0 Å². The molecule has 0 saturated carbocycles. The van der Waals surface area contributed by atoms with Gasteiger partial charge in [-0.05, 0) is 32.3 Å². The Hall–Kier alpha value is -1.16. The molecule has 1 rings (SSSR count). The number of hydrogen-bond donors (Lipinski definition) is 1. The van der Waals surface area contributed by atoms with Gasteiger partial charge in [0.25, 0.3) is 0 Å². The minimum atomic E-state index is -2.49. The first kappa shape index (κ1) is 17.9. The SMILES string of the molecule is CCO[PH](=O)OC(C)C(CC(CC)=NO)c1ccccc1. The molecule has 5 nitrogen and oxygen atoms in total. The van der Waals surface area contributed by atoms with Crippen LogP contribution in [0.25, 0.3) is 0 Å². The lowest BCUT2D eigenvalue weighted by Gasteiger charge is -2.24. The molecule has 0 aliphatic rings. The van der Waals surface area contributed by atoms with E-state index in [0.29, 0.717) is 25.2 Å². The Bertz CT molecular complexity index is 464. The zero-order chi connectivity index (χ0) is 15.7. The number of nitrogens with zero attached hydrogens (tertiary/aromatic N) is 1. The first-order chi connectivity index (χ1) is 10.1. The van der Waals surface area contributed by atoms with E-state index in [1.807, 2.05) is 44.2 Å². The summed E-state index contributed by atoms with van der Waals surface area (Å²) in [5.41, 5.74) is 1.75. The van der Waals surface area contributed by atoms with Gasteiger partial charge in [-0.3, -0.25) is 4.57 Å². The smallest absolute Gasteiger partial charge is 0.319 e. The number of oxime groups is 1. The van der Waals surface area contributed by atoms with Gasteiger partial charge in [-0.15, -0.1) is 0 Å². The lowest BCUT2D eigenvalue weighted by Crippen LogP contribution is -2.20. The molecule has 0 aliphatic heterocycles. The zero-order valence-corrected chi connectivity index (χ0v) is 13.8. The predicted molar refractivity (Wildman–Crippen MR) is 84.5 cm³/mol. The third-order valence-electron chi connectivity index (χ3n) is 3.34. The Morgan fingerprint density at radius 1 is 1.33 bits per heavy atom. The van der Waals surface area contributed by atoms with E-state index in [1.165, 1.54) is 0 Å². The standard InChI is InChI=1S/C15H24NO4P/c1-4-14(16-17)11-15(13-9-7-6-8-10-13)12(3)20-21(18)19-5-2/h6-10,12,15,17,21H,4-5,11H2,1-3H3. The van der Waals surface area contributed by atoms with E-state index >= 15 is 0 Å². The molecule has 3 unspecified atom stereocenters. The average molecular weight is 313 g/mol. The van der Waals surface area contributed by atoms with Crippen molar-refractivity contribution in [3.05, 3.63) is 35.9 Å². The van der Waals surface area contributed by atoms with E-state index in [2.05, 4.69) is 5.16 Å². The van der Waals surface area contributed by atoms with Crippen LogP contribution in [0, 0.1) is 0 Å². The van der Waals surface area contributed by atoms with Crippen molar-refractivity contribution < 1.29 is 18.8 Å². The van der Waals surface area contributed by atoms with Crippen LogP contribution in [-0.4, -0.2) is 23.6 Å². The summed E-state index contributed by atoms with van der Waals surface area (Å²) in [6.45, 7) is 5.94. The average Bonchev–Trinajstić information content (AvgIpc) is 2.49. The molecule has 0 saturated heterocycles. The minimum absolute atomic E-state index is 0.0357. The summed E-state index contributed by atoms with van der Waals surface area (Å²) in [5, 5.41) is 12.4. The summed E-state index contributed by atoms with van der Waals surface area (Å²) in [4.78, 5) is 0. The van der Waals surface area contributed by atoms with Crippen molar-refractivity contribution >= 4 is 14.0 Å². The number of hydrogen-bond acceptors (Lipinski definition) is 5. The molecule has 0 bridgehead atoms. The van der Waals surface area contributed by atoms with Crippen LogP contribution in [0.15, 0.2) is 35.5 Å². The molecule has 0 spiro atoms. The van der Waals surface area contributed by atoms with Gasteiger partial charge in [0.2, 0.25) is 0 Å². The number of rotatable bonds is 9. The van der Waals surface area contributed by atoms with Gasteiger partial charge in [0.1, 0.15) is 0 Å². The Labute approximate surface area is 126 Å². The summed E-state index contributed by atoms with van der Waals surface area (Å²) >= 11 is 0. The highest BCUT2D eigenvalue weighted by atomic mass is 31.1. The Balaban J connectivity index is 2.88. The van der Waals surface area contributed by atoms with Crippen LogP contribution >= 0.6 is 8.25 Å². The topological polar surface area (TPSA) is 68.1 Å². The molecular formula is C15H24NO4P. The van der Waals surface area contributed by atoms with Crippen molar-refractivity contribution in [1.29, 1.82) is 0 Å². The summed E-state index contributed by atoms with van der Waals surface area (Å²) in [6, 6.07) is 9.82. The molecule has 1 aromatic carbocycles. The maximum Gasteiger partial charge on any atom is 0.319 e. The minimum Gasteiger partial charge on any atom is -0.411 e. The van der Waals surface area contributed by atoms with Crippen molar-refractivity contribution in [3.8, 4) is 0 Å². The molecule has 21 heavy (non-hydrogen) atoms. The lowest BCUT2D eigenvalue weighted by atomic mass is 9.88. The van der Waals surface area contributed by atoms with Gasteiger partial charge < -0.3 is 14.3 Å². The maximum absolute atomic E-state index is 11.7. The van der Waals surface area contributed by atoms with Crippen LogP contribution in [0.1, 0.15) is 45.1 Å². The highest BCUT2D eigenvalue weighted by Crippen LogP contribution is 2.34. The molecule has 0 radical (unpaired) electrons. The van der Waals surface area contributed by atoms with Gasteiger partial charge in [-0.1, -0.05) is 42.4 Å². The second-order valence-corrected chi connectivity index (χ2v) is 5.77. The Morgan fingerprint density at radius 3 is 2.52 bits per heavy atom. The molecule has 0 fully saturated rings. The highest BCUT2D eigenvalue weighted by Gasteiger charge is 2.23. The largest absolute Gasteiger partial charge is 0.411 e. The van der Waals surface area contributed by atoms with Crippen LogP contribution in [0.2, 0.25) is 0 Å². The van der Waals surface area contributed by atoms with Gasteiger partial charge in [-0.2, -0.15) is 0 Å². The summed E-state index contributed by atoms with van der Waals surface area (Å²) in [7, 11) is -2.49.